The van der Waals surface area contributed by atoms with Crippen LogP contribution < -0.4 is 14.8 Å². The molecule has 0 aliphatic heterocycles. The largest absolute Gasteiger partial charge is 0.495 e. The summed E-state index contributed by atoms with van der Waals surface area (Å²) in [4.78, 5) is 25.0. The number of anilines is 1. The maximum absolute atomic E-state index is 13.1. The normalized spacial score (nSPS) is 10.7. The Labute approximate surface area is 213 Å². The Morgan fingerprint density at radius 1 is 1.00 bits per heavy atom. The monoisotopic (exact) mass is 504 g/mol. The zero-order valence-corrected chi connectivity index (χ0v) is 20.8. The van der Waals surface area contributed by atoms with E-state index in [1.165, 1.54) is 19.2 Å². The Bertz CT molecular complexity index is 1410. The lowest BCUT2D eigenvalue weighted by atomic mass is 10.0. The summed E-state index contributed by atoms with van der Waals surface area (Å²) in [7, 11) is 3.19. The number of carboxylic acid groups (broad SMARTS) is 1. The number of ether oxygens (including phenoxy) is 2. The summed E-state index contributed by atoms with van der Waals surface area (Å²) in [6.45, 7) is 2.25. The van der Waals surface area contributed by atoms with E-state index in [1.807, 2.05) is 30.3 Å². The first-order valence-electron chi connectivity index (χ1n) is 11.1. The van der Waals surface area contributed by atoms with E-state index >= 15 is 0 Å². The number of benzene rings is 3. The summed E-state index contributed by atoms with van der Waals surface area (Å²) in [5, 5.41) is 12.9. The number of hydrogen-bond acceptors (Lipinski definition) is 4. The third-order valence-electron chi connectivity index (χ3n) is 5.94. The molecule has 7 nitrogen and oxygen atoms in total. The van der Waals surface area contributed by atoms with Crippen LogP contribution in [-0.4, -0.2) is 28.7 Å². The number of carbonyl (C=O) groups is 2. The Morgan fingerprint density at radius 2 is 1.69 bits per heavy atom. The number of aromatic carboxylic acids is 1. The van der Waals surface area contributed by atoms with Crippen LogP contribution in [0.5, 0.6) is 11.5 Å². The molecule has 0 aliphatic carbocycles. The van der Waals surface area contributed by atoms with Crippen molar-refractivity contribution in [1.29, 1.82) is 0 Å². The molecule has 0 unspecified atom stereocenters. The van der Waals surface area contributed by atoms with Gasteiger partial charge in [0, 0.05) is 29.7 Å². The van der Waals surface area contributed by atoms with Crippen molar-refractivity contribution < 1.29 is 24.2 Å². The van der Waals surface area contributed by atoms with Gasteiger partial charge < -0.3 is 24.5 Å². The maximum Gasteiger partial charge on any atom is 0.336 e. The number of amides is 1. The van der Waals surface area contributed by atoms with Crippen LogP contribution in [0.25, 0.3) is 11.3 Å². The molecule has 2 N–H and O–H groups in total. The minimum atomic E-state index is -1.13. The van der Waals surface area contributed by atoms with Gasteiger partial charge in [0.15, 0.2) is 0 Å². The zero-order valence-electron chi connectivity index (χ0n) is 20.0. The molecule has 1 aromatic heterocycles. The van der Waals surface area contributed by atoms with Crippen LogP contribution in [-0.2, 0) is 13.7 Å². The molecule has 0 fully saturated rings. The fraction of sp³-hybridized carbons (Fsp3) is 0.143. The van der Waals surface area contributed by atoms with Crippen LogP contribution in [0.2, 0.25) is 5.02 Å². The van der Waals surface area contributed by atoms with E-state index in [4.69, 9.17) is 21.1 Å². The smallest absolute Gasteiger partial charge is 0.336 e. The van der Waals surface area contributed by atoms with E-state index in [0.29, 0.717) is 40.6 Å². The van der Waals surface area contributed by atoms with Gasteiger partial charge in [-0.3, -0.25) is 4.79 Å². The van der Waals surface area contributed by atoms with Gasteiger partial charge in [0.2, 0.25) is 0 Å². The molecule has 3 aromatic carbocycles. The van der Waals surface area contributed by atoms with Gasteiger partial charge >= 0.3 is 5.97 Å². The standard InChI is InChI=1S/C28H25ClN2O5/c1-17-21(14-25(31(17)2)22-13-24(29)26(35-3)15-23(22)28(33)34)27(32)30-19-9-11-20(12-10-19)36-16-18-7-5-4-6-8-18/h4-15H,16H2,1-3H3,(H,30,32)(H,33,34). The molecule has 36 heavy (non-hydrogen) atoms. The molecule has 4 rings (SSSR count). The highest BCUT2D eigenvalue weighted by Gasteiger charge is 2.22. The number of aromatic nitrogens is 1. The molecule has 0 atom stereocenters. The minimum Gasteiger partial charge on any atom is -0.495 e. The first-order chi connectivity index (χ1) is 17.3. The quantitative estimate of drug-likeness (QED) is 0.298. The topological polar surface area (TPSA) is 89.8 Å². The zero-order chi connectivity index (χ0) is 25.8. The number of carboxylic acids is 1. The maximum atomic E-state index is 13.1. The summed E-state index contributed by atoms with van der Waals surface area (Å²) >= 11 is 6.28. The van der Waals surface area contributed by atoms with Gasteiger partial charge in [-0.05, 0) is 55.0 Å². The van der Waals surface area contributed by atoms with Crippen LogP contribution in [0, 0.1) is 6.92 Å². The second-order valence-corrected chi connectivity index (χ2v) is 8.59. The fourth-order valence-corrected chi connectivity index (χ4v) is 4.10. The molecule has 184 valence electrons. The third kappa shape index (κ3) is 5.21. The average molecular weight is 505 g/mol. The van der Waals surface area contributed by atoms with E-state index in [-0.39, 0.29) is 22.2 Å². The highest BCUT2D eigenvalue weighted by molar-refractivity contribution is 6.32. The number of carbonyl (C=O) groups excluding carboxylic acids is 1. The van der Waals surface area contributed by atoms with Crippen LogP contribution in [0.3, 0.4) is 0 Å². The number of nitrogens with zero attached hydrogens (tertiary/aromatic N) is 1. The van der Waals surface area contributed by atoms with Gasteiger partial charge in [-0.25, -0.2) is 4.79 Å². The summed E-state index contributed by atoms with van der Waals surface area (Å²) in [5.74, 6) is -0.492. The van der Waals surface area contributed by atoms with Crippen molar-refractivity contribution in [3.05, 3.63) is 100 Å². The number of halogens is 1. The second kappa shape index (κ2) is 10.6. The summed E-state index contributed by atoms with van der Waals surface area (Å²) in [6, 6.07) is 21.5. The molecule has 0 aliphatic rings. The van der Waals surface area contributed by atoms with Gasteiger partial charge in [0.05, 0.1) is 23.3 Å². The van der Waals surface area contributed by atoms with Crippen molar-refractivity contribution in [2.45, 2.75) is 13.5 Å². The molecule has 8 heteroatoms. The van der Waals surface area contributed by atoms with Crippen molar-refractivity contribution in [2.24, 2.45) is 7.05 Å². The van der Waals surface area contributed by atoms with Crippen LogP contribution in [0.4, 0.5) is 5.69 Å². The predicted octanol–water partition coefficient (Wildman–Crippen LogP) is 6.19. The molecule has 0 spiro atoms. The third-order valence-corrected chi connectivity index (χ3v) is 6.23. The Morgan fingerprint density at radius 3 is 2.33 bits per heavy atom. The first-order valence-corrected chi connectivity index (χ1v) is 11.5. The SMILES string of the molecule is COc1cc(C(=O)O)c(-c2cc(C(=O)Nc3ccc(OCc4ccccc4)cc3)c(C)n2C)cc1Cl. The number of hydrogen-bond donors (Lipinski definition) is 2. The van der Waals surface area contributed by atoms with Crippen LogP contribution >= 0.6 is 11.6 Å². The van der Waals surface area contributed by atoms with Crippen LogP contribution in [0.15, 0.2) is 72.8 Å². The van der Waals surface area contributed by atoms with Crippen molar-refractivity contribution in [3.63, 3.8) is 0 Å². The summed E-state index contributed by atoms with van der Waals surface area (Å²) < 4.78 is 12.7. The molecule has 4 aromatic rings. The van der Waals surface area contributed by atoms with Crippen molar-refractivity contribution >= 4 is 29.2 Å². The number of methoxy groups -OCH3 is 1. The Hall–Kier alpha value is -4.23. The molecular weight excluding hydrogens is 480 g/mol. The molecular formula is C28H25ClN2O5. The van der Waals surface area contributed by atoms with Gasteiger partial charge in [0.1, 0.15) is 18.1 Å². The second-order valence-electron chi connectivity index (χ2n) is 8.18. The van der Waals surface area contributed by atoms with E-state index in [1.54, 1.807) is 48.9 Å². The lowest BCUT2D eigenvalue weighted by Gasteiger charge is -2.12. The highest BCUT2D eigenvalue weighted by atomic mass is 35.5. The van der Waals surface area contributed by atoms with E-state index in [0.717, 1.165) is 5.56 Å². The van der Waals surface area contributed by atoms with Gasteiger partial charge in [-0.2, -0.15) is 0 Å². The lowest BCUT2D eigenvalue weighted by Crippen LogP contribution is -2.12. The Balaban J connectivity index is 1.54. The number of nitrogens with one attached hydrogen (secondary N) is 1. The Kier molecular flexibility index (Phi) is 7.31. The lowest BCUT2D eigenvalue weighted by molar-refractivity contribution is 0.0697. The molecule has 0 bridgehead atoms. The highest BCUT2D eigenvalue weighted by Crippen LogP contribution is 2.35. The van der Waals surface area contributed by atoms with E-state index < -0.39 is 5.97 Å². The predicted molar refractivity (Wildman–Crippen MR) is 139 cm³/mol. The van der Waals surface area contributed by atoms with Gasteiger partial charge in [-0.15, -0.1) is 0 Å². The van der Waals surface area contributed by atoms with Gasteiger partial charge in [0.25, 0.3) is 5.91 Å². The number of rotatable bonds is 8. The van der Waals surface area contributed by atoms with Crippen molar-refractivity contribution in [2.75, 3.05) is 12.4 Å². The molecule has 0 saturated carbocycles. The minimum absolute atomic E-state index is 0.0231. The first kappa shape index (κ1) is 24.9. The van der Waals surface area contributed by atoms with Crippen molar-refractivity contribution in [3.8, 4) is 22.8 Å². The van der Waals surface area contributed by atoms with E-state index in [2.05, 4.69) is 5.32 Å². The van der Waals surface area contributed by atoms with E-state index in [9.17, 15) is 14.7 Å². The molecule has 1 amide bonds. The molecule has 1 heterocycles. The molecule has 0 saturated heterocycles. The molecule has 0 radical (unpaired) electrons. The summed E-state index contributed by atoms with van der Waals surface area (Å²) in [6.07, 6.45) is 0. The fourth-order valence-electron chi connectivity index (χ4n) is 3.86. The van der Waals surface area contributed by atoms with Crippen molar-refractivity contribution in [1.82, 2.24) is 4.57 Å². The average Bonchev–Trinajstić information content (AvgIpc) is 3.18. The summed E-state index contributed by atoms with van der Waals surface area (Å²) in [5.41, 5.74) is 3.72. The van der Waals surface area contributed by atoms with Gasteiger partial charge in [-0.1, -0.05) is 41.9 Å². The van der Waals surface area contributed by atoms with Crippen LogP contribution in [0.1, 0.15) is 32.0 Å².